The summed E-state index contributed by atoms with van der Waals surface area (Å²) in [6.45, 7) is 3.98. The van der Waals surface area contributed by atoms with Crippen molar-refractivity contribution in [3.05, 3.63) is 35.0 Å². The fourth-order valence-electron chi connectivity index (χ4n) is 1.91. The fraction of sp³-hybridized carbons (Fsp3) is 0.250. The van der Waals surface area contributed by atoms with E-state index in [4.69, 9.17) is 5.11 Å². The van der Waals surface area contributed by atoms with Gasteiger partial charge in [-0.2, -0.15) is 0 Å². The van der Waals surface area contributed by atoms with Gasteiger partial charge in [-0.15, -0.1) is 0 Å². The summed E-state index contributed by atoms with van der Waals surface area (Å²) in [5, 5.41) is 10.1. The summed E-state index contributed by atoms with van der Waals surface area (Å²) < 4.78 is 0. The molecule has 0 saturated heterocycles. The molecule has 0 fully saturated rings. The number of rotatable bonds is 2. The number of aromatic carboxylic acids is 1. The van der Waals surface area contributed by atoms with E-state index in [0.29, 0.717) is 5.69 Å². The first-order valence-corrected chi connectivity index (χ1v) is 4.98. The molecule has 1 heterocycles. The average molecular weight is 203 g/mol. The van der Waals surface area contributed by atoms with E-state index in [1.807, 2.05) is 32.0 Å². The standard InChI is InChI=1S/C12H13NO2/c1-3-8-9-6-7(2)4-5-10(9)13-11(8)12(14)15/h4-6,13H,3H2,1-2H3,(H,14,15). The Morgan fingerprint density at radius 1 is 1.47 bits per heavy atom. The van der Waals surface area contributed by atoms with Crippen molar-refractivity contribution in [3.63, 3.8) is 0 Å². The molecular formula is C12H13NO2. The van der Waals surface area contributed by atoms with Crippen LogP contribution in [0.2, 0.25) is 0 Å². The highest BCUT2D eigenvalue weighted by Gasteiger charge is 2.14. The number of H-pyrrole nitrogens is 1. The molecule has 0 unspecified atom stereocenters. The van der Waals surface area contributed by atoms with E-state index in [-0.39, 0.29) is 0 Å². The SMILES string of the molecule is CCc1c(C(=O)O)[nH]c2ccc(C)cc12. The number of nitrogens with one attached hydrogen (secondary N) is 1. The van der Waals surface area contributed by atoms with Crippen LogP contribution >= 0.6 is 0 Å². The molecule has 0 radical (unpaired) electrons. The zero-order valence-corrected chi connectivity index (χ0v) is 8.79. The molecule has 0 spiro atoms. The largest absolute Gasteiger partial charge is 0.477 e. The number of fused-ring (bicyclic) bond motifs is 1. The van der Waals surface area contributed by atoms with Crippen LogP contribution in [0.3, 0.4) is 0 Å². The Morgan fingerprint density at radius 2 is 2.20 bits per heavy atom. The molecule has 1 aromatic heterocycles. The third kappa shape index (κ3) is 1.50. The van der Waals surface area contributed by atoms with Crippen molar-refractivity contribution >= 4 is 16.9 Å². The van der Waals surface area contributed by atoms with Crippen LogP contribution in [0.5, 0.6) is 0 Å². The van der Waals surface area contributed by atoms with Crippen LogP contribution in [-0.4, -0.2) is 16.1 Å². The molecule has 0 aliphatic rings. The lowest BCUT2D eigenvalue weighted by Crippen LogP contribution is -2.00. The lowest BCUT2D eigenvalue weighted by molar-refractivity contribution is 0.0690. The quantitative estimate of drug-likeness (QED) is 0.788. The van der Waals surface area contributed by atoms with Gasteiger partial charge in [0.1, 0.15) is 5.69 Å². The van der Waals surface area contributed by atoms with Crippen molar-refractivity contribution < 1.29 is 9.90 Å². The van der Waals surface area contributed by atoms with Crippen LogP contribution in [0.25, 0.3) is 10.9 Å². The third-order valence-corrected chi connectivity index (χ3v) is 2.63. The molecule has 0 atom stereocenters. The summed E-state index contributed by atoms with van der Waals surface area (Å²) in [6.07, 6.45) is 0.727. The second-order valence-electron chi connectivity index (χ2n) is 3.69. The normalized spacial score (nSPS) is 10.8. The highest BCUT2D eigenvalue weighted by atomic mass is 16.4. The first kappa shape index (κ1) is 9.77. The van der Waals surface area contributed by atoms with Crippen molar-refractivity contribution in [3.8, 4) is 0 Å². The molecule has 1 aromatic carbocycles. The Kier molecular flexibility index (Phi) is 2.23. The van der Waals surface area contributed by atoms with E-state index < -0.39 is 5.97 Å². The first-order valence-electron chi connectivity index (χ1n) is 4.98. The first-order chi connectivity index (χ1) is 7.13. The predicted octanol–water partition coefficient (Wildman–Crippen LogP) is 2.74. The van der Waals surface area contributed by atoms with Crippen molar-refractivity contribution in [2.45, 2.75) is 20.3 Å². The molecule has 3 nitrogen and oxygen atoms in total. The number of benzene rings is 1. The third-order valence-electron chi connectivity index (χ3n) is 2.63. The van der Waals surface area contributed by atoms with Gasteiger partial charge < -0.3 is 10.1 Å². The van der Waals surface area contributed by atoms with Crippen LogP contribution in [0.15, 0.2) is 18.2 Å². The molecule has 2 N–H and O–H groups in total. The van der Waals surface area contributed by atoms with Gasteiger partial charge in [0.05, 0.1) is 0 Å². The van der Waals surface area contributed by atoms with E-state index >= 15 is 0 Å². The van der Waals surface area contributed by atoms with Gasteiger partial charge in [-0.3, -0.25) is 0 Å². The number of carboxylic acid groups (broad SMARTS) is 1. The Morgan fingerprint density at radius 3 is 2.80 bits per heavy atom. The molecule has 0 bridgehead atoms. The van der Waals surface area contributed by atoms with Crippen LogP contribution in [0.1, 0.15) is 28.5 Å². The number of aryl methyl sites for hydroxylation is 2. The Hall–Kier alpha value is -1.77. The Bertz CT molecular complexity index is 526. The number of aromatic nitrogens is 1. The molecule has 78 valence electrons. The van der Waals surface area contributed by atoms with Crippen LogP contribution in [0, 0.1) is 6.92 Å². The highest BCUT2D eigenvalue weighted by Crippen LogP contribution is 2.24. The number of hydrogen-bond acceptors (Lipinski definition) is 1. The second-order valence-corrected chi connectivity index (χ2v) is 3.69. The smallest absolute Gasteiger partial charge is 0.352 e. The second kappa shape index (κ2) is 3.42. The van der Waals surface area contributed by atoms with Crippen molar-refractivity contribution in [1.29, 1.82) is 0 Å². The molecule has 0 amide bonds. The van der Waals surface area contributed by atoms with Gasteiger partial charge in [-0.1, -0.05) is 18.6 Å². The van der Waals surface area contributed by atoms with Crippen LogP contribution in [0.4, 0.5) is 0 Å². The summed E-state index contributed by atoms with van der Waals surface area (Å²) in [5.74, 6) is -0.888. The van der Waals surface area contributed by atoms with Gasteiger partial charge in [-0.25, -0.2) is 4.79 Å². The number of aromatic amines is 1. The van der Waals surface area contributed by atoms with Crippen molar-refractivity contribution in [2.75, 3.05) is 0 Å². The molecule has 0 saturated carbocycles. The van der Waals surface area contributed by atoms with E-state index in [9.17, 15) is 4.79 Å². The molecule has 2 rings (SSSR count). The molecule has 15 heavy (non-hydrogen) atoms. The van der Waals surface area contributed by atoms with Gasteiger partial charge >= 0.3 is 5.97 Å². The zero-order valence-electron chi connectivity index (χ0n) is 8.79. The summed E-state index contributed by atoms with van der Waals surface area (Å²) in [4.78, 5) is 13.9. The van der Waals surface area contributed by atoms with E-state index in [0.717, 1.165) is 28.5 Å². The van der Waals surface area contributed by atoms with Crippen molar-refractivity contribution in [1.82, 2.24) is 4.98 Å². The number of hydrogen-bond donors (Lipinski definition) is 2. The molecule has 3 heteroatoms. The van der Waals surface area contributed by atoms with Gasteiger partial charge in [0.25, 0.3) is 0 Å². The maximum Gasteiger partial charge on any atom is 0.352 e. The maximum absolute atomic E-state index is 11.0. The predicted molar refractivity (Wildman–Crippen MR) is 59.4 cm³/mol. The number of carbonyl (C=O) groups is 1. The maximum atomic E-state index is 11.0. The van der Waals surface area contributed by atoms with Gasteiger partial charge in [-0.05, 0) is 31.0 Å². The minimum atomic E-state index is -0.888. The average Bonchev–Trinajstić information content (AvgIpc) is 2.55. The lowest BCUT2D eigenvalue weighted by Gasteiger charge is -1.97. The molecular weight excluding hydrogens is 190 g/mol. The van der Waals surface area contributed by atoms with Gasteiger partial charge in [0, 0.05) is 10.9 Å². The monoisotopic (exact) mass is 203 g/mol. The zero-order chi connectivity index (χ0) is 11.0. The summed E-state index contributed by atoms with van der Waals surface area (Å²) in [7, 11) is 0. The highest BCUT2D eigenvalue weighted by molar-refractivity contribution is 5.97. The number of carboxylic acids is 1. The van der Waals surface area contributed by atoms with Crippen molar-refractivity contribution in [2.24, 2.45) is 0 Å². The summed E-state index contributed by atoms with van der Waals surface area (Å²) in [6, 6.07) is 5.93. The summed E-state index contributed by atoms with van der Waals surface area (Å²) >= 11 is 0. The lowest BCUT2D eigenvalue weighted by atomic mass is 10.1. The Balaban J connectivity index is 2.79. The van der Waals surface area contributed by atoms with Gasteiger partial charge in [0.15, 0.2) is 0 Å². The molecule has 0 aliphatic heterocycles. The Labute approximate surface area is 87.7 Å². The van der Waals surface area contributed by atoms with E-state index in [1.54, 1.807) is 0 Å². The topological polar surface area (TPSA) is 53.1 Å². The fourth-order valence-corrected chi connectivity index (χ4v) is 1.91. The molecule has 2 aromatic rings. The summed E-state index contributed by atoms with van der Waals surface area (Å²) in [5.41, 5.74) is 3.25. The minimum absolute atomic E-state index is 0.318. The van der Waals surface area contributed by atoms with Crippen LogP contribution in [-0.2, 0) is 6.42 Å². The van der Waals surface area contributed by atoms with E-state index in [1.165, 1.54) is 0 Å². The van der Waals surface area contributed by atoms with Gasteiger partial charge in [0.2, 0.25) is 0 Å². The molecule has 0 aliphatic carbocycles. The van der Waals surface area contributed by atoms with Crippen LogP contribution < -0.4 is 0 Å². The van der Waals surface area contributed by atoms with E-state index in [2.05, 4.69) is 4.98 Å². The minimum Gasteiger partial charge on any atom is -0.477 e.